The second-order valence-electron chi connectivity index (χ2n) is 7.04. The molecule has 25 heavy (non-hydrogen) atoms. The van der Waals surface area contributed by atoms with Gasteiger partial charge in [-0.15, -0.1) is 0 Å². The van der Waals surface area contributed by atoms with Crippen LogP contribution in [0.1, 0.15) is 45.2 Å². The maximum Gasteiger partial charge on any atom is 0.364 e. The third-order valence-corrected chi connectivity index (χ3v) is 4.75. The Morgan fingerprint density at radius 1 is 1.20 bits per heavy atom. The minimum atomic E-state index is -0.345. The van der Waals surface area contributed by atoms with E-state index in [4.69, 9.17) is 0 Å². The van der Waals surface area contributed by atoms with Gasteiger partial charge in [0.2, 0.25) is 5.91 Å². The van der Waals surface area contributed by atoms with Crippen molar-refractivity contribution in [2.45, 2.75) is 58.8 Å². The number of carbonyl (C=O) groups is 1. The van der Waals surface area contributed by atoms with Crippen LogP contribution in [-0.4, -0.2) is 36.6 Å². The molecule has 0 saturated heterocycles. The smallest absolute Gasteiger partial charge is 0.334 e. The van der Waals surface area contributed by atoms with E-state index in [0.717, 1.165) is 23.1 Å². The molecule has 0 radical (unpaired) electrons. The quantitative estimate of drug-likeness (QED) is 0.769. The molecule has 7 heteroatoms. The van der Waals surface area contributed by atoms with Crippen LogP contribution in [0.2, 0.25) is 0 Å². The molecule has 0 N–H and O–H groups in total. The first-order valence-corrected chi connectivity index (χ1v) is 8.83. The summed E-state index contributed by atoms with van der Waals surface area (Å²) >= 11 is 0. The van der Waals surface area contributed by atoms with E-state index >= 15 is 0 Å². The van der Waals surface area contributed by atoms with Gasteiger partial charge in [-0.2, -0.15) is 9.36 Å². The summed E-state index contributed by atoms with van der Waals surface area (Å²) in [5.74, 6) is 0.455. The molecule has 1 atom stereocenters. The summed E-state index contributed by atoms with van der Waals surface area (Å²) in [6, 6.07) is 10.0. The predicted octanol–water partition coefficient (Wildman–Crippen LogP) is 1.85. The summed E-state index contributed by atoms with van der Waals surface area (Å²) in [6.45, 7) is 6.28. The second-order valence-corrected chi connectivity index (χ2v) is 7.04. The average molecular weight is 343 g/mol. The Kier molecular flexibility index (Phi) is 5.01. The van der Waals surface area contributed by atoms with Gasteiger partial charge in [0, 0.05) is 12.6 Å². The Balaban J connectivity index is 1.78. The van der Waals surface area contributed by atoms with Gasteiger partial charge in [-0.3, -0.25) is 4.79 Å². The Labute approximate surface area is 147 Å². The van der Waals surface area contributed by atoms with Gasteiger partial charge in [-0.05, 0) is 55.5 Å². The van der Waals surface area contributed by atoms with Crippen molar-refractivity contribution in [3.8, 4) is 0 Å². The molecular weight excluding hydrogens is 318 g/mol. The zero-order valence-corrected chi connectivity index (χ0v) is 15.0. The van der Waals surface area contributed by atoms with Crippen LogP contribution in [0, 0.1) is 5.92 Å². The topological polar surface area (TPSA) is 73.0 Å². The molecule has 1 heterocycles. The third-order valence-electron chi connectivity index (χ3n) is 4.75. The SMILES string of the molecule is CC(C1CC1)N(Cc1ccccc1)C(=O)Cn1nnn(C(C)C)c1=O. The van der Waals surface area contributed by atoms with Crippen molar-refractivity contribution in [2.24, 2.45) is 5.92 Å². The number of hydrogen-bond donors (Lipinski definition) is 0. The number of carbonyl (C=O) groups excluding carboxylic acids is 1. The van der Waals surface area contributed by atoms with Crippen molar-refractivity contribution >= 4 is 5.91 Å². The number of rotatable bonds is 7. The zero-order valence-electron chi connectivity index (χ0n) is 15.0. The number of amides is 1. The van der Waals surface area contributed by atoms with E-state index in [2.05, 4.69) is 17.4 Å². The lowest BCUT2D eigenvalue weighted by atomic mass is 10.1. The van der Waals surface area contributed by atoms with Gasteiger partial charge in [-0.1, -0.05) is 30.3 Å². The minimum absolute atomic E-state index is 0.0740. The van der Waals surface area contributed by atoms with E-state index < -0.39 is 0 Å². The van der Waals surface area contributed by atoms with Crippen molar-refractivity contribution in [3.63, 3.8) is 0 Å². The van der Waals surface area contributed by atoms with Gasteiger partial charge in [0.05, 0.1) is 6.04 Å². The van der Waals surface area contributed by atoms with Gasteiger partial charge < -0.3 is 4.90 Å². The third kappa shape index (κ3) is 3.97. The van der Waals surface area contributed by atoms with Crippen LogP contribution in [0.3, 0.4) is 0 Å². The van der Waals surface area contributed by atoms with Gasteiger partial charge >= 0.3 is 5.69 Å². The molecule has 0 bridgehead atoms. The predicted molar refractivity (Wildman–Crippen MR) is 93.8 cm³/mol. The molecular formula is C18H25N5O2. The largest absolute Gasteiger partial charge is 0.364 e. The first-order chi connectivity index (χ1) is 12.0. The molecule has 134 valence electrons. The molecule has 0 aliphatic heterocycles. The molecule has 7 nitrogen and oxygen atoms in total. The lowest BCUT2D eigenvalue weighted by Crippen LogP contribution is -2.43. The van der Waals surface area contributed by atoms with Crippen LogP contribution in [0.25, 0.3) is 0 Å². The highest BCUT2D eigenvalue weighted by Gasteiger charge is 2.34. The van der Waals surface area contributed by atoms with Gasteiger partial charge in [0.15, 0.2) is 0 Å². The first-order valence-electron chi connectivity index (χ1n) is 8.83. The van der Waals surface area contributed by atoms with E-state index in [1.165, 1.54) is 4.68 Å². The molecule has 1 fully saturated rings. The summed E-state index contributed by atoms with van der Waals surface area (Å²) in [7, 11) is 0. The van der Waals surface area contributed by atoms with Crippen LogP contribution in [0.5, 0.6) is 0 Å². The maximum atomic E-state index is 12.9. The molecule has 2 aromatic rings. The molecule has 1 aliphatic carbocycles. The average Bonchev–Trinajstić information content (AvgIpc) is 3.38. The first kappa shape index (κ1) is 17.4. The normalized spacial score (nSPS) is 15.4. The van der Waals surface area contributed by atoms with Crippen molar-refractivity contribution in [1.82, 2.24) is 24.7 Å². The van der Waals surface area contributed by atoms with Crippen molar-refractivity contribution < 1.29 is 4.79 Å². The summed E-state index contributed by atoms with van der Waals surface area (Å²) in [5.41, 5.74) is 0.739. The van der Waals surface area contributed by atoms with Crippen LogP contribution in [0.15, 0.2) is 35.1 Å². The Morgan fingerprint density at radius 3 is 2.44 bits per heavy atom. The summed E-state index contributed by atoms with van der Waals surface area (Å²) in [6.07, 6.45) is 2.31. The van der Waals surface area contributed by atoms with Crippen molar-refractivity contribution in [3.05, 3.63) is 46.4 Å². The standard InChI is InChI=1S/C18H25N5O2/c1-13(2)23-18(25)22(19-20-23)12-17(24)21(14(3)16-9-10-16)11-15-7-5-4-6-8-15/h4-8,13-14,16H,9-12H2,1-3H3. The second kappa shape index (κ2) is 7.21. The van der Waals surface area contributed by atoms with Crippen molar-refractivity contribution in [1.29, 1.82) is 0 Å². The van der Waals surface area contributed by atoms with Crippen LogP contribution < -0.4 is 5.69 Å². The number of nitrogens with zero attached hydrogens (tertiary/aromatic N) is 5. The van der Waals surface area contributed by atoms with Crippen LogP contribution in [0.4, 0.5) is 0 Å². The van der Waals surface area contributed by atoms with E-state index in [1.807, 2.05) is 49.1 Å². The molecule has 1 unspecified atom stereocenters. The Morgan fingerprint density at radius 2 is 1.88 bits per heavy atom. The number of tetrazole rings is 1. The number of aromatic nitrogens is 4. The zero-order chi connectivity index (χ0) is 18.0. The number of benzene rings is 1. The lowest BCUT2D eigenvalue weighted by molar-refractivity contribution is -0.135. The molecule has 1 aliphatic rings. The maximum absolute atomic E-state index is 12.9. The fourth-order valence-corrected chi connectivity index (χ4v) is 3.00. The Bertz CT molecular complexity index is 776. The van der Waals surface area contributed by atoms with Gasteiger partial charge in [0.25, 0.3) is 0 Å². The highest BCUT2D eigenvalue weighted by Crippen LogP contribution is 2.35. The monoisotopic (exact) mass is 343 g/mol. The molecule has 1 amide bonds. The van der Waals surface area contributed by atoms with E-state index in [0.29, 0.717) is 12.5 Å². The molecule has 1 saturated carbocycles. The number of hydrogen-bond acceptors (Lipinski definition) is 4. The summed E-state index contributed by atoms with van der Waals surface area (Å²) < 4.78 is 2.44. The van der Waals surface area contributed by atoms with Gasteiger partial charge in [0.1, 0.15) is 6.54 Å². The van der Waals surface area contributed by atoms with E-state index in [1.54, 1.807) is 0 Å². The highest BCUT2D eigenvalue weighted by molar-refractivity contribution is 5.76. The van der Waals surface area contributed by atoms with Crippen LogP contribution >= 0.6 is 0 Å². The molecule has 0 spiro atoms. The summed E-state index contributed by atoms with van der Waals surface area (Å²) in [4.78, 5) is 27.1. The van der Waals surface area contributed by atoms with Gasteiger partial charge in [-0.25, -0.2) is 4.79 Å². The summed E-state index contributed by atoms with van der Waals surface area (Å²) in [5, 5.41) is 7.71. The Hall–Kier alpha value is -2.44. The van der Waals surface area contributed by atoms with Crippen molar-refractivity contribution in [2.75, 3.05) is 0 Å². The van der Waals surface area contributed by atoms with E-state index in [9.17, 15) is 9.59 Å². The fourth-order valence-electron chi connectivity index (χ4n) is 3.00. The van der Waals surface area contributed by atoms with E-state index in [-0.39, 0.29) is 30.2 Å². The molecule has 3 rings (SSSR count). The lowest BCUT2D eigenvalue weighted by Gasteiger charge is -2.29. The molecule has 1 aromatic heterocycles. The van der Waals surface area contributed by atoms with Crippen LogP contribution in [-0.2, 0) is 17.9 Å². The minimum Gasteiger partial charge on any atom is -0.334 e. The fraction of sp³-hybridized carbons (Fsp3) is 0.556. The molecule has 1 aromatic carbocycles. The highest BCUT2D eigenvalue weighted by atomic mass is 16.2.